The molecule has 1 unspecified atom stereocenters. The molecule has 106 valence electrons. The Balaban J connectivity index is 2.27. The van der Waals surface area contributed by atoms with E-state index < -0.39 is 0 Å². The monoisotopic (exact) mass is 462 g/mol. The van der Waals surface area contributed by atoms with Gasteiger partial charge < -0.3 is 10.5 Å². The van der Waals surface area contributed by atoms with Crippen LogP contribution in [0.4, 0.5) is 0 Å². The van der Waals surface area contributed by atoms with Crippen LogP contribution in [0.2, 0.25) is 0 Å². The second-order valence-electron chi connectivity index (χ2n) is 4.29. The van der Waals surface area contributed by atoms with E-state index in [0.717, 1.165) is 30.4 Å². The van der Waals surface area contributed by atoms with Crippen molar-refractivity contribution in [2.24, 2.45) is 5.73 Å². The Kier molecular flexibility index (Phi) is 5.60. The highest BCUT2D eigenvalue weighted by Gasteiger charge is 2.15. The summed E-state index contributed by atoms with van der Waals surface area (Å²) in [6.45, 7) is 0. The van der Waals surface area contributed by atoms with Crippen molar-refractivity contribution in [2.45, 2.75) is 12.5 Å². The van der Waals surface area contributed by atoms with Crippen molar-refractivity contribution >= 4 is 47.8 Å². The minimum Gasteiger partial charge on any atom is -0.496 e. The molecule has 0 amide bonds. The number of nitrogens with zero attached hydrogens (tertiary/aromatic N) is 1. The van der Waals surface area contributed by atoms with Gasteiger partial charge in [0.05, 0.1) is 18.8 Å². The first kappa shape index (κ1) is 15.9. The molecule has 2 N–H and O–H groups in total. The van der Waals surface area contributed by atoms with Crippen LogP contribution >= 0.6 is 47.8 Å². The molecule has 0 saturated carbocycles. The van der Waals surface area contributed by atoms with Gasteiger partial charge in [-0.25, -0.2) is 0 Å². The highest BCUT2D eigenvalue weighted by atomic mass is 79.9. The van der Waals surface area contributed by atoms with Gasteiger partial charge in [0.2, 0.25) is 0 Å². The van der Waals surface area contributed by atoms with Crippen molar-refractivity contribution in [1.29, 1.82) is 0 Å². The van der Waals surface area contributed by atoms with E-state index in [1.54, 1.807) is 13.3 Å². The molecular formula is C14H13Br3N2O. The molecule has 1 atom stereocenters. The first-order valence-electron chi connectivity index (χ1n) is 5.90. The molecular weight excluding hydrogens is 452 g/mol. The van der Waals surface area contributed by atoms with Gasteiger partial charge in [-0.3, -0.25) is 4.98 Å². The molecule has 0 radical (unpaired) electrons. The summed E-state index contributed by atoms with van der Waals surface area (Å²) in [5.41, 5.74) is 8.15. The number of aromatic nitrogens is 1. The maximum absolute atomic E-state index is 6.27. The summed E-state index contributed by atoms with van der Waals surface area (Å²) in [7, 11) is 1.66. The van der Waals surface area contributed by atoms with E-state index in [1.165, 1.54) is 0 Å². The highest BCUT2D eigenvalue weighted by Crippen LogP contribution is 2.29. The third-order valence-electron chi connectivity index (χ3n) is 2.87. The van der Waals surface area contributed by atoms with Crippen molar-refractivity contribution in [1.82, 2.24) is 4.98 Å². The molecule has 20 heavy (non-hydrogen) atoms. The van der Waals surface area contributed by atoms with E-state index in [0.29, 0.717) is 6.42 Å². The zero-order valence-corrected chi connectivity index (χ0v) is 15.5. The molecule has 0 aliphatic heterocycles. The van der Waals surface area contributed by atoms with Crippen LogP contribution in [-0.4, -0.2) is 12.1 Å². The number of nitrogens with two attached hydrogens (primary N) is 1. The third kappa shape index (κ3) is 3.81. The van der Waals surface area contributed by atoms with Crippen LogP contribution in [0.25, 0.3) is 0 Å². The maximum atomic E-state index is 6.27. The van der Waals surface area contributed by atoms with Crippen molar-refractivity contribution in [3.05, 3.63) is 55.1 Å². The Bertz CT molecular complexity index is 619. The average Bonchev–Trinajstić information content (AvgIpc) is 2.38. The molecule has 0 bridgehead atoms. The topological polar surface area (TPSA) is 48.1 Å². The smallest absolute Gasteiger partial charge is 0.122 e. The molecule has 0 saturated heterocycles. The lowest BCUT2D eigenvalue weighted by atomic mass is 10.0. The Morgan fingerprint density at radius 2 is 1.95 bits per heavy atom. The SMILES string of the molecule is COc1ccc(Br)cc1CC(N)c1ncc(Br)cc1Br. The highest BCUT2D eigenvalue weighted by molar-refractivity contribution is 9.11. The summed E-state index contributed by atoms with van der Waals surface area (Å²) in [6.07, 6.45) is 2.40. The fourth-order valence-corrected chi connectivity index (χ4v) is 3.63. The second-order valence-corrected chi connectivity index (χ2v) is 6.97. The molecule has 0 fully saturated rings. The predicted molar refractivity (Wildman–Crippen MR) is 91.0 cm³/mol. The lowest BCUT2D eigenvalue weighted by Gasteiger charge is -2.15. The summed E-state index contributed by atoms with van der Waals surface area (Å²) in [5, 5.41) is 0. The lowest BCUT2D eigenvalue weighted by molar-refractivity contribution is 0.408. The number of benzene rings is 1. The quantitative estimate of drug-likeness (QED) is 0.718. The number of ether oxygens (including phenoxy) is 1. The second kappa shape index (κ2) is 7.02. The minimum atomic E-state index is -0.208. The standard InChI is InChI=1S/C14H13Br3N2O/c1-20-13-3-2-9(15)4-8(13)5-12(18)14-11(17)6-10(16)7-19-14/h2-4,6-7,12H,5,18H2,1H3. The van der Waals surface area contributed by atoms with E-state index in [4.69, 9.17) is 10.5 Å². The van der Waals surface area contributed by atoms with E-state index in [2.05, 4.69) is 52.8 Å². The zero-order valence-electron chi connectivity index (χ0n) is 10.7. The largest absolute Gasteiger partial charge is 0.496 e. The van der Waals surface area contributed by atoms with Crippen LogP contribution in [0.1, 0.15) is 17.3 Å². The Morgan fingerprint density at radius 1 is 1.20 bits per heavy atom. The molecule has 3 nitrogen and oxygen atoms in total. The minimum absolute atomic E-state index is 0.208. The van der Waals surface area contributed by atoms with Crippen LogP contribution in [0.5, 0.6) is 5.75 Å². The normalized spacial score (nSPS) is 12.2. The van der Waals surface area contributed by atoms with Gasteiger partial charge in [-0.2, -0.15) is 0 Å². The van der Waals surface area contributed by atoms with Crippen LogP contribution in [0, 0.1) is 0 Å². The third-order valence-corrected chi connectivity index (χ3v) is 4.43. The van der Waals surface area contributed by atoms with Crippen LogP contribution in [-0.2, 0) is 6.42 Å². The molecule has 0 aliphatic rings. The first-order chi connectivity index (χ1) is 9.51. The molecule has 0 spiro atoms. The summed E-state index contributed by atoms with van der Waals surface area (Å²) in [6, 6.07) is 7.63. The first-order valence-corrected chi connectivity index (χ1v) is 8.28. The molecule has 6 heteroatoms. The number of pyridine rings is 1. The van der Waals surface area contributed by atoms with Crippen molar-refractivity contribution in [2.75, 3.05) is 7.11 Å². The van der Waals surface area contributed by atoms with E-state index in [1.807, 2.05) is 24.3 Å². The summed E-state index contributed by atoms with van der Waals surface area (Å²) < 4.78 is 8.19. The van der Waals surface area contributed by atoms with Crippen molar-refractivity contribution in [3.8, 4) is 5.75 Å². The van der Waals surface area contributed by atoms with Crippen molar-refractivity contribution in [3.63, 3.8) is 0 Å². The van der Waals surface area contributed by atoms with E-state index >= 15 is 0 Å². The van der Waals surface area contributed by atoms with Crippen molar-refractivity contribution < 1.29 is 4.74 Å². The summed E-state index contributed by atoms with van der Waals surface area (Å²) >= 11 is 10.4. The molecule has 2 aromatic rings. The van der Waals surface area contributed by atoms with Crippen LogP contribution in [0.15, 0.2) is 43.9 Å². The Hall–Kier alpha value is -0.430. The molecule has 1 aromatic carbocycles. The fourth-order valence-electron chi connectivity index (χ4n) is 1.94. The number of halogens is 3. The number of rotatable bonds is 4. The van der Waals surface area contributed by atoms with Crippen LogP contribution < -0.4 is 10.5 Å². The fraction of sp³-hybridized carbons (Fsp3) is 0.214. The van der Waals surface area contributed by atoms with Gasteiger partial charge in [0.15, 0.2) is 0 Å². The summed E-state index contributed by atoms with van der Waals surface area (Å²) in [4.78, 5) is 4.38. The van der Waals surface area contributed by atoms with Gasteiger partial charge in [-0.15, -0.1) is 0 Å². The van der Waals surface area contributed by atoms with Gasteiger partial charge in [0.1, 0.15) is 5.75 Å². The number of hydrogen-bond donors (Lipinski definition) is 1. The molecule has 0 aliphatic carbocycles. The van der Waals surface area contributed by atoms with Crippen LogP contribution in [0.3, 0.4) is 0 Å². The Labute approximate surface area is 143 Å². The molecule has 1 aromatic heterocycles. The van der Waals surface area contributed by atoms with E-state index in [9.17, 15) is 0 Å². The van der Waals surface area contributed by atoms with Gasteiger partial charge in [0, 0.05) is 19.6 Å². The lowest BCUT2D eigenvalue weighted by Crippen LogP contribution is -2.16. The van der Waals surface area contributed by atoms with E-state index in [-0.39, 0.29) is 6.04 Å². The number of methoxy groups -OCH3 is 1. The molecule has 2 rings (SSSR count). The van der Waals surface area contributed by atoms with Gasteiger partial charge in [0.25, 0.3) is 0 Å². The van der Waals surface area contributed by atoms with Gasteiger partial charge >= 0.3 is 0 Å². The molecule has 1 heterocycles. The Morgan fingerprint density at radius 3 is 2.60 bits per heavy atom. The van der Waals surface area contributed by atoms with Gasteiger partial charge in [-0.05, 0) is 68.1 Å². The summed E-state index contributed by atoms with van der Waals surface area (Å²) in [5.74, 6) is 0.830. The average molecular weight is 465 g/mol. The maximum Gasteiger partial charge on any atom is 0.122 e. The number of hydrogen-bond acceptors (Lipinski definition) is 3. The predicted octanol–water partition coefficient (Wildman–Crippen LogP) is 4.62. The zero-order chi connectivity index (χ0) is 14.7. The van der Waals surface area contributed by atoms with Gasteiger partial charge in [-0.1, -0.05) is 15.9 Å².